The highest BCUT2D eigenvalue weighted by Gasteiger charge is 2.06. The first kappa shape index (κ1) is 8.53. The van der Waals surface area contributed by atoms with Crippen molar-refractivity contribution in [3.05, 3.63) is 34.8 Å². The molecule has 0 radical (unpaired) electrons. The summed E-state index contributed by atoms with van der Waals surface area (Å²) in [7, 11) is 0. The van der Waals surface area contributed by atoms with Gasteiger partial charge < -0.3 is 5.11 Å². The van der Waals surface area contributed by atoms with Gasteiger partial charge in [-0.15, -0.1) is 11.3 Å². The molecule has 2 aromatic heterocycles. The van der Waals surface area contributed by atoms with E-state index >= 15 is 0 Å². The van der Waals surface area contributed by atoms with Crippen molar-refractivity contribution in [2.75, 3.05) is 0 Å². The molecule has 1 N–H and O–H groups in total. The van der Waals surface area contributed by atoms with E-state index < -0.39 is 0 Å². The summed E-state index contributed by atoms with van der Waals surface area (Å²) in [6.45, 7) is 0. The molecule has 0 aliphatic carbocycles. The topological polar surface area (TPSA) is 33.1 Å². The van der Waals surface area contributed by atoms with Gasteiger partial charge in [0.25, 0.3) is 0 Å². The van der Waals surface area contributed by atoms with E-state index in [0.717, 1.165) is 4.88 Å². The molecule has 4 heteroatoms. The first-order valence-corrected chi connectivity index (χ1v) is 4.91. The summed E-state index contributed by atoms with van der Waals surface area (Å²) >= 11 is 7.19. The number of hydrogen-bond acceptors (Lipinski definition) is 3. The largest absolute Gasteiger partial charge is 0.506 e. The molecule has 0 fully saturated rings. The Morgan fingerprint density at radius 3 is 2.92 bits per heavy atom. The van der Waals surface area contributed by atoms with Crippen LogP contribution in [0.1, 0.15) is 0 Å². The number of rotatable bonds is 1. The van der Waals surface area contributed by atoms with Gasteiger partial charge in [0.15, 0.2) is 0 Å². The fraction of sp³-hybridized carbons (Fsp3) is 0. The van der Waals surface area contributed by atoms with Crippen LogP contribution in [0.4, 0.5) is 0 Å². The van der Waals surface area contributed by atoms with Crippen LogP contribution in [0.25, 0.3) is 10.6 Å². The van der Waals surface area contributed by atoms with Gasteiger partial charge in [0.05, 0.1) is 9.90 Å². The van der Waals surface area contributed by atoms with Gasteiger partial charge in [-0.3, -0.25) is 0 Å². The highest BCUT2D eigenvalue weighted by atomic mass is 35.5. The Labute approximate surface area is 84.4 Å². The summed E-state index contributed by atoms with van der Waals surface area (Å²) < 4.78 is 0. The van der Waals surface area contributed by atoms with E-state index in [0.29, 0.717) is 10.7 Å². The molecule has 0 aliphatic rings. The van der Waals surface area contributed by atoms with Crippen molar-refractivity contribution >= 4 is 22.9 Å². The normalized spacial score (nSPS) is 10.2. The Hall–Kier alpha value is -1.06. The van der Waals surface area contributed by atoms with Gasteiger partial charge in [-0.05, 0) is 11.4 Å². The second kappa shape index (κ2) is 3.36. The third-order valence-corrected chi connectivity index (χ3v) is 2.67. The molecule has 66 valence electrons. The minimum absolute atomic E-state index is 0.120. The van der Waals surface area contributed by atoms with Crippen LogP contribution in [-0.2, 0) is 0 Å². The van der Waals surface area contributed by atoms with Gasteiger partial charge in [-0.2, -0.15) is 0 Å². The first-order valence-electron chi connectivity index (χ1n) is 3.66. The molecule has 0 amide bonds. The lowest BCUT2D eigenvalue weighted by Gasteiger charge is -1.99. The Morgan fingerprint density at radius 1 is 1.46 bits per heavy atom. The van der Waals surface area contributed by atoms with Crippen molar-refractivity contribution in [2.45, 2.75) is 0 Å². The van der Waals surface area contributed by atoms with Gasteiger partial charge in [0.1, 0.15) is 11.4 Å². The number of pyridine rings is 1. The molecule has 0 aromatic carbocycles. The van der Waals surface area contributed by atoms with E-state index in [4.69, 9.17) is 11.6 Å². The number of nitrogens with zero attached hydrogens (tertiary/aromatic N) is 1. The number of hydrogen-bond donors (Lipinski definition) is 1. The van der Waals surface area contributed by atoms with Gasteiger partial charge in [-0.25, -0.2) is 4.98 Å². The monoisotopic (exact) mass is 211 g/mol. The van der Waals surface area contributed by atoms with Crippen LogP contribution in [-0.4, -0.2) is 10.1 Å². The summed E-state index contributed by atoms with van der Waals surface area (Å²) in [6.07, 6.45) is 1.52. The van der Waals surface area contributed by atoms with Gasteiger partial charge in [0.2, 0.25) is 0 Å². The molecule has 0 atom stereocenters. The van der Waals surface area contributed by atoms with E-state index in [1.807, 2.05) is 17.5 Å². The van der Waals surface area contributed by atoms with Gasteiger partial charge in [0, 0.05) is 12.3 Å². The molecule has 0 bridgehead atoms. The maximum absolute atomic E-state index is 9.52. The molecule has 2 rings (SSSR count). The lowest BCUT2D eigenvalue weighted by molar-refractivity contribution is 0.475. The molecular weight excluding hydrogens is 206 g/mol. The molecule has 2 nitrogen and oxygen atoms in total. The minimum atomic E-state index is 0.120. The molecule has 0 unspecified atom stereocenters. The average Bonchev–Trinajstić information content (AvgIpc) is 2.56. The second-order valence-corrected chi connectivity index (χ2v) is 3.88. The number of aromatic hydroxyl groups is 1. The Morgan fingerprint density at radius 2 is 2.31 bits per heavy atom. The standard InChI is InChI=1S/C9H6ClNOS/c10-6-4-7(12)9(11-5-6)8-2-1-3-13-8/h1-5,12H. The van der Waals surface area contributed by atoms with E-state index in [9.17, 15) is 5.11 Å². The third kappa shape index (κ3) is 1.66. The molecule has 2 aromatic rings. The predicted octanol–water partition coefficient (Wildman–Crippen LogP) is 3.17. The highest BCUT2D eigenvalue weighted by Crippen LogP contribution is 2.31. The van der Waals surface area contributed by atoms with Crippen molar-refractivity contribution in [1.29, 1.82) is 0 Å². The maximum Gasteiger partial charge on any atom is 0.144 e. The van der Waals surface area contributed by atoms with Crippen molar-refractivity contribution in [3.63, 3.8) is 0 Å². The van der Waals surface area contributed by atoms with E-state index in [2.05, 4.69) is 4.98 Å². The minimum Gasteiger partial charge on any atom is -0.506 e. The third-order valence-electron chi connectivity index (χ3n) is 1.59. The summed E-state index contributed by atoms with van der Waals surface area (Å²) in [5.74, 6) is 0.120. The zero-order valence-corrected chi connectivity index (χ0v) is 8.14. The molecule has 0 spiro atoms. The zero-order valence-electron chi connectivity index (χ0n) is 6.57. The van der Waals surface area contributed by atoms with Crippen LogP contribution >= 0.6 is 22.9 Å². The lowest BCUT2D eigenvalue weighted by atomic mass is 10.3. The fourth-order valence-corrected chi connectivity index (χ4v) is 1.91. The summed E-state index contributed by atoms with van der Waals surface area (Å²) in [5, 5.41) is 11.9. The SMILES string of the molecule is Oc1cc(Cl)cnc1-c1cccs1. The van der Waals surface area contributed by atoms with Crippen LogP contribution < -0.4 is 0 Å². The Bertz CT molecular complexity index is 414. The maximum atomic E-state index is 9.52. The molecule has 2 heterocycles. The Balaban J connectivity index is 2.53. The highest BCUT2D eigenvalue weighted by molar-refractivity contribution is 7.13. The summed E-state index contributed by atoms with van der Waals surface area (Å²) in [6, 6.07) is 5.31. The van der Waals surface area contributed by atoms with Crippen LogP contribution in [0.5, 0.6) is 5.75 Å². The van der Waals surface area contributed by atoms with E-state index in [1.54, 1.807) is 0 Å². The van der Waals surface area contributed by atoms with Crippen molar-refractivity contribution in [3.8, 4) is 16.3 Å². The smallest absolute Gasteiger partial charge is 0.144 e. The first-order chi connectivity index (χ1) is 6.27. The second-order valence-electron chi connectivity index (χ2n) is 2.50. The van der Waals surface area contributed by atoms with Gasteiger partial charge in [-0.1, -0.05) is 17.7 Å². The number of thiophene rings is 1. The number of aromatic nitrogens is 1. The van der Waals surface area contributed by atoms with Crippen LogP contribution in [0.3, 0.4) is 0 Å². The van der Waals surface area contributed by atoms with Crippen molar-refractivity contribution in [1.82, 2.24) is 4.98 Å². The molecule has 0 aliphatic heterocycles. The van der Waals surface area contributed by atoms with E-state index in [-0.39, 0.29) is 5.75 Å². The van der Waals surface area contributed by atoms with Crippen LogP contribution in [0, 0.1) is 0 Å². The summed E-state index contributed by atoms with van der Waals surface area (Å²) in [4.78, 5) is 4.99. The van der Waals surface area contributed by atoms with E-state index in [1.165, 1.54) is 23.6 Å². The Kier molecular flexibility index (Phi) is 2.20. The molecule has 13 heavy (non-hydrogen) atoms. The van der Waals surface area contributed by atoms with Crippen molar-refractivity contribution < 1.29 is 5.11 Å². The zero-order chi connectivity index (χ0) is 9.26. The molecule has 0 saturated carbocycles. The average molecular weight is 212 g/mol. The fourth-order valence-electron chi connectivity index (χ4n) is 1.03. The van der Waals surface area contributed by atoms with Crippen LogP contribution in [0.2, 0.25) is 5.02 Å². The lowest BCUT2D eigenvalue weighted by Crippen LogP contribution is -1.80. The van der Waals surface area contributed by atoms with Gasteiger partial charge >= 0.3 is 0 Å². The van der Waals surface area contributed by atoms with Crippen LogP contribution in [0.15, 0.2) is 29.8 Å². The number of halogens is 1. The van der Waals surface area contributed by atoms with Crippen molar-refractivity contribution in [2.24, 2.45) is 0 Å². The predicted molar refractivity (Wildman–Crippen MR) is 54.2 cm³/mol. The quantitative estimate of drug-likeness (QED) is 0.786. The molecular formula is C9H6ClNOS. The molecule has 0 saturated heterocycles. The summed E-state index contributed by atoms with van der Waals surface area (Å²) in [5.41, 5.74) is 0.583.